The lowest BCUT2D eigenvalue weighted by Crippen LogP contribution is -2.37. The summed E-state index contributed by atoms with van der Waals surface area (Å²) in [6.07, 6.45) is 6.35. The largest absolute Gasteiger partial charge is 0.328 e. The lowest BCUT2D eigenvalue weighted by atomic mass is 9.85. The maximum atomic E-state index is 5.98. The van der Waals surface area contributed by atoms with E-state index < -0.39 is 0 Å². The summed E-state index contributed by atoms with van der Waals surface area (Å²) < 4.78 is 0. The van der Waals surface area contributed by atoms with Gasteiger partial charge in [0.15, 0.2) is 0 Å². The first kappa shape index (κ1) is 12.2. The zero-order valence-corrected chi connectivity index (χ0v) is 11.1. The molecule has 1 heterocycles. The molecule has 1 aliphatic carbocycles. The summed E-state index contributed by atoms with van der Waals surface area (Å²) in [5.41, 5.74) is 9.07. The molecule has 0 amide bonds. The van der Waals surface area contributed by atoms with Gasteiger partial charge in [-0.1, -0.05) is 24.3 Å². The first-order chi connectivity index (χ1) is 8.81. The zero-order valence-electron chi connectivity index (χ0n) is 11.1. The van der Waals surface area contributed by atoms with Crippen LogP contribution in [0.1, 0.15) is 36.8 Å². The van der Waals surface area contributed by atoms with E-state index in [1.807, 2.05) is 0 Å². The van der Waals surface area contributed by atoms with Gasteiger partial charge in [-0.2, -0.15) is 0 Å². The summed E-state index contributed by atoms with van der Waals surface area (Å²) in [5, 5.41) is 0. The highest BCUT2D eigenvalue weighted by Crippen LogP contribution is 2.26. The van der Waals surface area contributed by atoms with E-state index in [0.29, 0.717) is 6.04 Å². The van der Waals surface area contributed by atoms with Gasteiger partial charge in [-0.05, 0) is 49.1 Å². The van der Waals surface area contributed by atoms with Crippen molar-refractivity contribution in [3.8, 4) is 0 Å². The normalized spacial score (nSPS) is 28.9. The topological polar surface area (TPSA) is 29.3 Å². The summed E-state index contributed by atoms with van der Waals surface area (Å²) in [7, 11) is 0. The number of nitrogens with two attached hydrogens (primary N) is 1. The van der Waals surface area contributed by atoms with E-state index in [4.69, 9.17) is 5.73 Å². The molecule has 3 rings (SSSR count). The van der Waals surface area contributed by atoms with Gasteiger partial charge in [-0.3, -0.25) is 4.90 Å². The fraction of sp³-hybridized carbons (Fsp3) is 0.625. The second-order valence-electron chi connectivity index (χ2n) is 6.03. The lowest BCUT2D eigenvalue weighted by Gasteiger charge is -2.34. The van der Waals surface area contributed by atoms with Crippen molar-refractivity contribution in [3.05, 3.63) is 35.4 Å². The Labute approximate surface area is 110 Å². The maximum Gasteiger partial charge on any atom is 0.0236 e. The number of hydrogen-bond acceptors (Lipinski definition) is 2. The molecular formula is C16H24N2. The highest BCUT2D eigenvalue weighted by atomic mass is 15.1. The van der Waals surface area contributed by atoms with Crippen molar-refractivity contribution in [1.29, 1.82) is 0 Å². The maximum absolute atomic E-state index is 5.98. The van der Waals surface area contributed by atoms with Crippen LogP contribution in [-0.4, -0.2) is 24.0 Å². The van der Waals surface area contributed by atoms with Crippen molar-refractivity contribution < 1.29 is 0 Å². The lowest BCUT2D eigenvalue weighted by molar-refractivity contribution is 0.181. The summed E-state index contributed by atoms with van der Waals surface area (Å²) in [6.45, 7) is 3.67. The molecule has 0 unspecified atom stereocenters. The van der Waals surface area contributed by atoms with Crippen molar-refractivity contribution in [2.75, 3.05) is 13.1 Å². The molecule has 0 saturated heterocycles. The van der Waals surface area contributed by atoms with Gasteiger partial charge in [0.1, 0.15) is 0 Å². The van der Waals surface area contributed by atoms with Crippen molar-refractivity contribution >= 4 is 0 Å². The summed E-state index contributed by atoms with van der Waals surface area (Å²) in [4.78, 5) is 2.64. The van der Waals surface area contributed by atoms with Crippen LogP contribution in [-0.2, 0) is 13.0 Å². The predicted octanol–water partition coefficient (Wildman–Crippen LogP) is 2.56. The van der Waals surface area contributed by atoms with Crippen LogP contribution in [0.4, 0.5) is 0 Å². The van der Waals surface area contributed by atoms with Crippen molar-refractivity contribution in [2.24, 2.45) is 11.7 Å². The van der Waals surface area contributed by atoms with Gasteiger partial charge in [0, 0.05) is 25.7 Å². The van der Waals surface area contributed by atoms with E-state index in [1.54, 1.807) is 5.56 Å². The first-order valence-electron chi connectivity index (χ1n) is 7.36. The van der Waals surface area contributed by atoms with Crippen LogP contribution in [0, 0.1) is 5.92 Å². The van der Waals surface area contributed by atoms with Gasteiger partial charge >= 0.3 is 0 Å². The summed E-state index contributed by atoms with van der Waals surface area (Å²) in [5.74, 6) is 0.884. The molecule has 1 fully saturated rings. The number of fused-ring (bicyclic) bond motifs is 1. The highest BCUT2D eigenvalue weighted by Gasteiger charge is 2.23. The van der Waals surface area contributed by atoms with Gasteiger partial charge in [-0.25, -0.2) is 0 Å². The van der Waals surface area contributed by atoms with E-state index in [0.717, 1.165) is 12.5 Å². The van der Waals surface area contributed by atoms with Gasteiger partial charge < -0.3 is 5.73 Å². The molecule has 1 aliphatic heterocycles. The second-order valence-corrected chi connectivity index (χ2v) is 6.03. The molecular weight excluding hydrogens is 220 g/mol. The van der Waals surface area contributed by atoms with Crippen LogP contribution < -0.4 is 5.73 Å². The molecule has 1 saturated carbocycles. The molecule has 2 N–H and O–H groups in total. The second kappa shape index (κ2) is 5.41. The molecule has 18 heavy (non-hydrogen) atoms. The fourth-order valence-corrected chi connectivity index (χ4v) is 3.45. The Morgan fingerprint density at radius 3 is 2.56 bits per heavy atom. The molecule has 2 nitrogen and oxygen atoms in total. The molecule has 0 bridgehead atoms. The average molecular weight is 244 g/mol. The number of benzene rings is 1. The van der Waals surface area contributed by atoms with E-state index in [-0.39, 0.29) is 0 Å². The van der Waals surface area contributed by atoms with Crippen LogP contribution in [0.2, 0.25) is 0 Å². The Hall–Kier alpha value is -0.860. The van der Waals surface area contributed by atoms with E-state index in [1.165, 1.54) is 50.8 Å². The molecule has 0 radical (unpaired) electrons. The Kier molecular flexibility index (Phi) is 3.67. The molecule has 1 aromatic rings. The summed E-state index contributed by atoms with van der Waals surface area (Å²) in [6, 6.07) is 9.38. The minimum absolute atomic E-state index is 0.475. The standard InChI is InChI=1S/C16H24N2/c17-16-7-5-13(6-8-16)11-18-10-9-14-3-1-2-4-15(14)12-18/h1-4,13,16H,5-12,17H2. The highest BCUT2D eigenvalue weighted by molar-refractivity contribution is 5.29. The minimum atomic E-state index is 0.475. The molecule has 2 heteroatoms. The third-order valence-corrected chi connectivity index (χ3v) is 4.62. The molecule has 1 aromatic carbocycles. The van der Waals surface area contributed by atoms with Crippen molar-refractivity contribution in [1.82, 2.24) is 4.90 Å². The van der Waals surface area contributed by atoms with Gasteiger partial charge in [0.05, 0.1) is 0 Å². The third-order valence-electron chi connectivity index (χ3n) is 4.62. The smallest absolute Gasteiger partial charge is 0.0236 e. The number of rotatable bonds is 2. The molecule has 0 aromatic heterocycles. The summed E-state index contributed by atoms with van der Waals surface area (Å²) >= 11 is 0. The zero-order chi connectivity index (χ0) is 12.4. The van der Waals surface area contributed by atoms with E-state index in [9.17, 15) is 0 Å². The monoisotopic (exact) mass is 244 g/mol. The SMILES string of the molecule is NC1CCC(CN2CCc3ccccc3C2)CC1. The van der Waals surface area contributed by atoms with Crippen molar-refractivity contribution in [2.45, 2.75) is 44.7 Å². The van der Waals surface area contributed by atoms with E-state index in [2.05, 4.69) is 29.2 Å². The molecule has 2 aliphatic rings. The predicted molar refractivity (Wildman–Crippen MR) is 75.4 cm³/mol. The first-order valence-corrected chi connectivity index (χ1v) is 7.36. The molecule has 0 atom stereocenters. The van der Waals surface area contributed by atoms with Gasteiger partial charge in [-0.15, -0.1) is 0 Å². The van der Waals surface area contributed by atoms with E-state index >= 15 is 0 Å². The third kappa shape index (κ3) is 2.76. The fourth-order valence-electron chi connectivity index (χ4n) is 3.45. The van der Waals surface area contributed by atoms with Gasteiger partial charge in [0.25, 0.3) is 0 Å². The minimum Gasteiger partial charge on any atom is -0.328 e. The van der Waals surface area contributed by atoms with Gasteiger partial charge in [0.2, 0.25) is 0 Å². The quantitative estimate of drug-likeness (QED) is 0.866. The van der Waals surface area contributed by atoms with Crippen molar-refractivity contribution in [3.63, 3.8) is 0 Å². The Balaban J connectivity index is 1.56. The average Bonchev–Trinajstić information content (AvgIpc) is 2.41. The number of nitrogens with zero attached hydrogens (tertiary/aromatic N) is 1. The van der Waals surface area contributed by atoms with Crippen LogP contribution in [0.3, 0.4) is 0 Å². The van der Waals surface area contributed by atoms with Crippen LogP contribution >= 0.6 is 0 Å². The Morgan fingerprint density at radius 1 is 1.06 bits per heavy atom. The van der Waals surface area contributed by atoms with Crippen LogP contribution in [0.5, 0.6) is 0 Å². The Morgan fingerprint density at radius 2 is 1.78 bits per heavy atom. The Bertz CT molecular complexity index is 394. The van der Waals surface area contributed by atoms with Crippen LogP contribution in [0.25, 0.3) is 0 Å². The van der Waals surface area contributed by atoms with Crippen LogP contribution in [0.15, 0.2) is 24.3 Å². The number of hydrogen-bond donors (Lipinski definition) is 1. The molecule has 0 spiro atoms. The molecule has 98 valence electrons.